The summed E-state index contributed by atoms with van der Waals surface area (Å²) >= 11 is 9.51. The number of hydrogen-bond acceptors (Lipinski definition) is 3. The minimum absolute atomic E-state index is 0.269. The zero-order valence-corrected chi connectivity index (χ0v) is 18.9. The number of benzene rings is 2. The highest BCUT2D eigenvalue weighted by molar-refractivity contribution is 9.10. The molecule has 30 heavy (non-hydrogen) atoms. The Morgan fingerprint density at radius 1 is 1.23 bits per heavy atom. The van der Waals surface area contributed by atoms with Crippen molar-refractivity contribution in [3.05, 3.63) is 63.6 Å². The Hall–Kier alpha value is -2.18. The van der Waals surface area contributed by atoms with Gasteiger partial charge >= 0.3 is 5.97 Å². The van der Waals surface area contributed by atoms with Crippen molar-refractivity contribution in [3.63, 3.8) is 0 Å². The monoisotopic (exact) mass is 491 g/mol. The fraction of sp³-hybridized carbons (Fsp3) is 0.348. The molecule has 158 valence electrons. The van der Waals surface area contributed by atoms with E-state index < -0.39 is 23.3 Å². The number of nitrogens with zero attached hydrogens (tertiary/aromatic N) is 1. The van der Waals surface area contributed by atoms with E-state index in [2.05, 4.69) is 15.9 Å². The molecule has 1 amide bonds. The Morgan fingerprint density at radius 2 is 1.93 bits per heavy atom. The van der Waals surface area contributed by atoms with Crippen LogP contribution in [0.4, 0.5) is 5.69 Å². The van der Waals surface area contributed by atoms with E-state index in [1.165, 1.54) is 4.90 Å². The minimum Gasteiger partial charge on any atom is -0.481 e. The Morgan fingerprint density at radius 3 is 2.53 bits per heavy atom. The zero-order chi connectivity index (χ0) is 21.9. The fourth-order valence-electron chi connectivity index (χ4n) is 4.25. The lowest BCUT2D eigenvalue weighted by Gasteiger charge is -2.40. The SMILES string of the molecule is CC1(C(=O)O)CCCCC1C(=O)C(c1ccc(Br)cc1)N(C=O)c1cccc(Cl)c1. The molecule has 1 fully saturated rings. The lowest BCUT2D eigenvalue weighted by Crippen LogP contribution is -2.47. The van der Waals surface area contributed by atoms with E-state index in [9.17, 15) is 19.5 Å². The van der Waals surface area contributed by atoms with Gasteiger partial charge in [-0.05, 0) is 55.7 Å². The average molecular weight is 493 g/mol. The van der Waals surface area contributed by atoms with Crippen LogP contribution in [0.15, 0.2) is 53.0 Å². The summed E-state index contributed by atoms with van der Waals surface area (Å²) in [6.07, 6.45) is 3.07. The van der Waals surface area contributed by atoms with Gasteiger partial charge in [0.05, 0.1) is 5.41 Å². The number of aliphatic carboxylic acids is 1. The van der Waals surface area contributed by atoms with Crippen LogP contribution in [0.5, 0.6) is 0 Å². The number of amides is 1. The van der Waals surface area contributed by atoms with Crippen molar-refractivity contribution < 1.29 is 19.5 Å². The van der Waals surface area contributed by atoms with E-state index in [1.54, 1.807) is 55.5 Å². The summed E-state index contributed by atoms with van der Waals surface area (Å²) in [7, 11) is 0. The summed E-state index contributed by atoms with van der Waals surface area (Å²) in [5.41, 5.74) is -0.0635. The summed E-state index contributed by atoms with van der Waals surface area (Å²) in [6, 6.07) is 12.9. The number of halogens is 2. The third-order valence-corrected chi connectivity index (χ3v) is 6.76. The molecule has 2 aromatic carbocycles. The molecule has 3 rings (SSSR count). The number of carboxylic acids is 1. The van der Waals surface area contributed by atoms with Gasteiger partial charge in [-0.15, -0.1) is 0 Å². The molecule has 0 heterocycles. The van der Waals surface area contributed by atoms with Crippen molar-refractivity contribution in [2.75, 3.05) is 4.90 Å². The van der Waals surface area contributed by atoms with Crippen LogP contribution in [0.2, 0.25) is 5.02 Å². The largest absolute Gasteiger partial charge is 0.481 e. The molecular formula is C23H23BrClNO4. The fourth-order valence-corrected chi connectivity index (χ4v) is 4.70. The molecule has 7 heteroatoms. The number of Topliss-reactive ketones (excluding diaryl/α,β-unsaturated/α-hetero) is 1. The highest BCUT2D eigenvalue weighted by Crippen LogP contribution is 2.45. The number of carbonyl (C=O) groups is 3. The smallest absolute Gasteiger partial charge is 0.310 e. The number of carboxylic acid groups (broad SMARTS) is 1. The molecule has 5 nitrogen and oxygen atoms in total. The second-order valence-electron chi connectivity index (χ2n) is 7.87. The van der Waals surface area contributed by atoms with Gasteiger partial charge in [0.15, 0.2) is 5.78 Å². The van der Waals surface area contributed by atoms with Gasteiger partial charge in [0, 0.05) is 21.1 Å². The highest BCUT2D eigenvalue weighted by atomic mass is 79.9. The Balaban J connectivity index is 2.11. The second-order valence-corrected chi connectivity index (χ2v) is 9.22. The van der Waals surface area contributed by atoms with Crippen LogP contribution < -0.4 is 4.90 Å². The molecule has 1 saturated carbocycles. The minimum atomic E-state index is -1.16. The van der Waals surface area contributed by atoms with E-state index in [1.807, 2.05) is 0 Å². The topological polar surface area (TPSA) is 74.7 Å². The van der Waals surface area contributed by atoms with Crippen molar-refractivity contribution in [1.29, 1.82) is 0 Å². The molecule has 2 aromatic rings. The lowest BCUT2D eigenvalue weighted by atomic mass is 9.64. The number of anilines is 1. The maximum Gasteiger partial charge on any atom is 0.310 e. The maximum absolute atomic E-state index is 13.9. The second kappa shape index (κ2) is 9.31. The first-order valence-corrected chi connectivity index (χ1v) is 11.0. The van der Waals surface area contributed by atoms with Gasteiger partial charge in [0.2, 0.25) is 6.41 Å². The third-order valence-electron chi connectivity index (χ3n) is 5.99. The van der Waals surface area contributed by atoms with Crippen LogP contribution >= 0.6 is 27.5 Å². The number of rotatable bonds is 7. The van der Waals surface area contributed by atoms with Gasteiger partial charge in [-0.2, -0.15) is 0 Å². The molecule has 3 atom stereocenters. The van der Waals surface area contributed by atoms with Crippen LogP contribution in [-0.4, -0.2) is 23.3 Å². The van der Waals surface area contributed by atoms with E-state index >= 15 is 0 Å². The Kier molecular flexibility index (Phi) is 6.98. The molecule has 0 bridgehead atoms. The van der Waals surface area contributed by atoms with E-state index in [-0.39, 0.29) is 5.78 Å². The maximum atomic E-state index is 13.9. The quantitative estimate of drug-likeness (QED) is 0.506. The molecule has 0 radical (unpaired) electrons. The van der Waals surface area contributed by atoms with Crippen LogP contribution in [0.3, 0.4) is 0 Å². The summed E-state index contributed by atoms with van der Waals surface area (Å²) in [5.74, 6) is -1.94. The van der Waals surface area contributed by atoms with Crippen LogP contribution in [0, 0.1) is 11.3 Å². The van der Waals surface area contributed by atoms with Gasteiger partial charge in [-0.1, -0.05) is 58.6 Å². The van der Waals surface area contributed by atoms with Gasteiger partial charge in [0.25, 0.3) is 0 Å². The predicted molar refractivity (Wildman–Crippen MR) is 120 cm³/mol. The summed E-state index contributed by atoms with van der Waals surface area (Å²) in [5, 5.41) is 10.3. The highest BCUT2D eigenvalue weighted by Gasteiger charge is 2.49. The zero-order valence-electron chi connectivity index (χ0n) is 16.6. The first-order valence-electron chi connectivity index (χ1n) is 9.79. The summed E-state index contributed by atoms with van der Waals surface area (Å²) < 4.78 is 0.839. The van der Waals surface area contributed by atoms with Gasteiger partial charge in [0.1, 0.15) is 6.04 Å². The summed E-state index contributed by atoms with van der Waals surface area (Å²) in [6.45, 7) is 1.64. The third kappa shape index (κ3) is 4.44. The summed E-state index contributed by atoms with van der Waals surface area (Å²) in [4.78, 5) is 39.5. The van der Waals surface area contributed by atoms with Crippen molar-refractivity contribution >= 4 is 51.4 Å². The van der Waals surface area contributed by atoms with Crippen LogP contribution in [0.1, 0.15) is 44.2 Å². The average Bonchev–Trinajstić information content (AvgIpc) is 2.72. The van der Waals surface area contributed by atoms with Gasteiger partial charge in [-0.25, -0.2) is 0 Å². The molecular weight excluding hydrogens is 470 g/mol. The molecule has 0 aliphatic heterocycles. The van der Waals surface area contributed by atoms with E-state index in [0.717, 1.165) is 17.3 Å². The standard InChI is InChI=1S/C23H23BrClNO4/c1-23(22(29)30)12-3-2-7-19(23)21(28)20(15-8-10-16(24)11-9-15)26(14-27)18-6-4-5-17(25)13-18/h4-6,8-11,13-14,19-20H,2-3,7,12H2,1H3,(H,29,30). The Bertz CT molecular complexity index is 948. The normalized spacial score (nSPS) is 22.2. The number of carbonyl (C=O) groups excluding carboxylic acids is 2. The molecule has 0 spiro atoms. The van der Waals surface area contributed by atoms with Crippen molar-refractivity contribution in [2.45, 2.75) is 38.6 Å². The predicted octanol–water partition coefficient (Wildman–Crippen LogP) is 5.66. The van der Waals surface area contributed by atoms with Crippen LogP contribution in [-0.2, 0) is 14.4 Å². The van der Waals surface area contributed by atoms with E-state index in [0.29, 0.717) is 35.5 Å². The van der Waals surface area contributed by atoms with Crippen molar-refractivity contribution in [1.82, 2.24) is 0 Å². The Labute approximate surface area is 189 Å². The molecule has 0 aromatic heterocycles. The molecule has 1 aliphatic rings. The van der Waals surface area contributed by atoms with Crippen molar-refractivity contribution in [2.24, 2.45) is 11.3 Å². The first-order chi connectivity index (χ1) is 14.3. The van der Waals surface area contributed by atoms with Crippen molar-refractivity contribution in [3.8, 4) is 0 Å². The van der Waals surface area contributed by atoms with Gasteiger partial charge < -0.3 is 10.0 Å². The molecule has 3 unspecified atom stereocenters. The number of ketones is 1. The van der Waals surface area contributed by atoms with E-state index in [4.69, 9.17) is 11.6 Å². The first kappa shape index (κ1) is 22.5. The molecule has 0 saturated heterocycles. The molecule has 1 N–H and O–H groups in total. The number of hydrogen-bond donors (Lipinski definition) is 1. The lowest BCUT2D eigenvalue weighted by molar-refractivity contribution is -0.157. The van der Waals surface area contributed by atoms with Gasteiger partial charge in [-0.3, -0.25) is 14.4 Å². The molecule has 1 aliphatic carbocycles. The van der Waals surface area contributed by atoms with Crippen LogP contribution in [0.25, 0.3) is 0 Å².